The molecule has 2 amide bonds. The van der Waals surface area contributed by atoms with Gasteiger partial charge in [-0.2, -0.15) is 0 Å². The van der Waals surface area contributed by atoms with Gasteiger partial charge < -0.3 is 10.2 Å². The van der Waals surface area contributed by atoms with E-state index in [9.17, 15) is 9.59 Å². The number of carbonyl (C=O) groups is 2. The summed E-state index contributed by atoms with van der Waals surface area (Å²) >= 11 is 1.35. The number of benzene rings is 3. The van der Waals surface area contributed by atoms with Crippen LogP contribution in [0, 0.1) is 0 Å². The molecule has 1 N–H and O–H groups in total. The van der Waals surface area contributed by atoms with Crippen molar-refractivity contribution in [2.45, 2.75) is 30.8 Å². The van der Waals surface area contributed by atoms with Crippen molar-refractivity contribution in [1.29, 1.82) is 0 Å². The summed E-state index contributed by atoms with van der Waals surface area (Å²) in [6, 6.07) is 27.7. The van der Waals surface area contributed by atoms with Crippen LogP contribution in [0.4, 0.5) is 11.4 Å². The van der Waals surface area contributed by atoms with Gasteiger partial charge in [0.1, 0.15) is 5.82 Å². The molecule has 1 fully saturated rings. The van der Waals surface area contributed by atoms with Crippen LogP contribution < -0.4 is 10.2 Å². The van der Waals surface area contributed by atoms with Gasteiger partial charge in [0.15, 0.2) is 5.16 Å². The maximum absolute atomic E-state index is 12.8. The molecule has 8 heteroatoms. The molecular weight excluding hydrogens is 470 g/mol. The number of aryl methyl sites for hydroxylation is 2. The topological polar surface area (TPSA) is 80.1 Å². The molecule has 1 aliphatic rings. The van der Waals surface area contributed by atoms with Crippen LogP contribution in [-0.4, -0.2) is 38.9 Å². The number of carbonyl (C=O) groups excluding carboxylic acids is 2. The maximum atomic E-state index is 12.8. The molecule has 36 heavy (non-hydrogen) atoms. The summed E-state index contributed by atoms with van der Waals surface area (Å²) in [5, 5.41) is 12.5. The summed E-state index contributed by atoms with van der Waals surface area (Å²) in [7, 11) is 0. The van der Waals surface area contributed by atoms with Crippen molar-refractivity contribution in [3.63, 3.8) is 0 Å². The van der Waals surface area contributed by atoms with E-state index in [0.717, 1.165) is 36.5 Å². The zero-order valence-electron chi connectivity index (χ0n) is 19.8. The van der Waals surface area contributed by atoms with Crippen LogP contribution in [0.1, 0.15) is 24.2 Å². The normalized spacial score (nSPS) is 13.2. The van der Waals surface area contributed by atoms with Gasteiger partial charge in [0.25, 0.3) is 0 Å². The number of anilines is 2. The van der Waals surface area contributed by atoms with Crippen molar-refractivity contribution in [2.75, 3.05) is 22.5 Å². The van der Waals surface area contributed by atoms with E-state index in [1.807, 2.05) is 77.4 Å². The van der Waals surface area contributed by atoms with Gasteiger partial charge in [-0.1, -0.05) is 66.4 Å². The molecule has 7 nitrogen and oxygen atoms in total. The largest absolute Gasteiger partial charge is 0.325 e. The zero-order valence-corrected chi connectivity index (χ0v) is 20.7. The minimum absolute atomic E-state index is 0.123. The summed E-state index contributed by atoms with van der Waals surface area (Å²) in [6.07, 6.45) is 3.03. The molecule has 0 atom stereocenters. The molecular formula is C28H27N5O2S. The van der Waals surface area contributed by atoms with E-state index >= 15 is 0 Å². The zero-order chi connectivity index (χ0) is 24.7. The molecule has 1 aromatic heterocycles. The molecule has 0 unspecified atom stereocenters. The Bertz CT molecular complexity index is 1340. The van der Waals surface area contributed by atoms with Crippen LogP contribution in [-0.2, 0) is 22.4 Å². The van der Waals surface area contributed by atoms with E-state index in [-0.39, 0.29) is 17.6 Å². The van der Waals surface area contributed by atoms with Gasteiger partial charge in [0, 0.05) is 36.4 Å². The number of nitrogens with zero attached hydrogens (tertiary/aromatic N) is 4. The van der Waals surface area contributed by atoms with Crippen LogP contribution in [0.3, 0.4) is 0 Å². The van der Waals surface area contributed by atoms with E-state index < -0.39 is 0 Å². The highest BCUT2D eigenvalue weighted by molar-refractivity contribution is 7.99. The van der Waals surface area contributed by atoms with Crippen molar-refractivity contribution < 1.29 is 9.59 Å². The number of hydrogen-bond donors (Lipinski definition) is 1. The minimum atomic E-state index is -0.140. The quantitative estimate of drug-likeness (QED) is 0.333. The summed E-state index contributed by atoms with van der Waals surface area (Å²) < 4.78 is 2.03. The Balaban J connectivity index is 1.27. The first-order chi connectivity index (χ1) is 17.7. The van der Waals surface area contributed by atoms with Crippen molar-refractivity contribution in [1.82, 2.24) is 14.8 Å². The second-order valence-corrected chi connectivity index (χ2v) is 9.53. The van der Waals surface area contributed by atoms with Gasteiger partial charge in [0.2, 0.25) is 11.8 Å². The summed E-state index contributed by atoms with van der Waals surface area (Å²) in [5.41, 5.74) is 3.70. The minimum Gasteiger partial charge on any atom is -0.325 e. The summed E-state index contributed by atoms with van der Waals surface area (Å²) in [5.74, 6) is 1.03. The average molecular weight is 498 g/mol. The Morgan fingerprint density at radius 1 is 0.889 bits per heavy atom. The number of rotatable bonds is 9. The lowest BCUT2D eigenvalue weighted by Gasteiger charge is -2.16. The van der Waals surface area contributed by atoms with Crippen LogP contribution in [0.15, 0.2) is 90.1 Å². The molecule has 0 radical (unpaired) electrons. The number of amides is 2. The lowest BCUT2D eigenvalue weighted by molar-refractivity contribution is -0.117. The number of thioether (sulfide) groups is 1. The van der Waals surface area contributed by atoms with Crippen molar-refractivity contribution in [3.8, 4) is 5.69 Å². The lowest BCUT2D eigenvalue weighted by atomic mass is 10.1. The molecule has 2 heterocycles. The van der Waals surface area contributed by atoms with Gasteiger partial charge in [-0.25, -0.2) is 0 Å². The molecule has 0 bridgehead atoms. The fraction of sp³-hybridized carbons (Fsp3) is 0.214. The lowest BCUT2D eigenvalue weighted by Crippen LogP contribution is -2.23. The molecule has 1 saturated heterocycles. The third-order valence-electron chi connectivity index (χ3n) is 6.04. The second kappa shape index (κ2) is 11.2. The fourth-order valence-electron chi connectivity index (χ4n) is 4.29. The SMILES string of the molecule is O=C(CSc1nnc(CCc2ccccc2)n1-c1ccccc1)Nc1cccc(N2CCCC2=O)c1. The highest BCUT2D eigenvalue weighted by atomic mass is 32.2. The third kappa shape index (κ3) is 5.66. The maximum Gasteiger partial charge on any atom is 0.234 e. The highest BCUT2D eigenvalue weighted by Gasteiger charge is 2.22. The Labute approximate surface area is 214 Å². The molecule has 3 aromatic carbocycles. The number of nitrogens with one attached hydrogen (secondary N) is 1. The van der Waals surface area contributed by atoms with Gasteiger partial charge in [-0.05, 0) is 48.7 Å². The predicted octanol–water partition coefficient (Wildman–Crippen LogP) is 4.91. The van der Waals surface area contributed by atoms with Gasteiger partial charge in [-0.15, -0.1) is 10.2 Å². The average Bonchev–Trinajstić information content (AvgIpc) is 3.53. The first kappa shape index (κ1) is 23.8. The second-order valence-electron chi connectivity index (χ2n) is 8.59. The van der Waals surface area contributed by atoms with E-state index in [1.165, 1.54) is 17.3 Å². The summed E-state index contributed by atoms with van der Waals surface area (Å²) in [6.45, 7) is 0.716. The van der Waals surface area contributed by atoms with Crippen LogP contribution in [0.2, 0.25) is 0 Å². The van der Waals surface area contributed by atoms with Crippen LogP contribution in [0.25, 0.3) is 5.69 Å². The monoisotopic (exact) mass is 497 g/mol. The number of hydrogen-bond acceptors (Lipinski definition) is 5. The fourth-order valence-corrected chi connectivity index (χ4v) is 5.06. The third-order valence-corrected chi connectivity index (χ3v) is 6.97. The highest BCUT2D eigenvalue weighted by Crippen LogP contribution is 2.26. The summed E-state index contributed by atoms with van der Waals surface area (Å²) in [4.78, 5) is 26.6. The van der Waals surface area contributed by atoms with Gasteiger partial charge >= 0.3 is 0 Å². The standard InChI is InChI=1S/C28H27N5O2S/c34-26(29-22-11-7-14-24(19-22)32-18-8-15-27(32)35)20-36-28-31-30-25(17-16-21-9-3-1-4-10-21)33(28)23-12-5-2-6-13-23/h1-7,9-14,19H,8,15-18,20H2,(H,29,34). The number of aromatic nitrogens is 3. The number of para-hydroxylation sites is 1. The van der Waals surface area contributed by atoms with Crippen molar-refractivity contribution in [3.05, 3.63) is 96.3 Å². The first-order valence-corrected chi connectivity index (χ1v) is 13.0. The van der Waals surface area contributed by atoms with E-state index in [4.69, 9.17) is 0 Å². The Morgan fingerprint density at radius 3 is 2.39 bits per heavy atom. The smallest absolute Gasteiger partial charge is 0.234 e. The molecule has 182 valence electrons. The Hall–Kier alpha value is -3.91. The predicted molar refractivity (Wildman–Crippen MR) is 143 cm³/mol. The molecule has 4 aromatic rings. The van der Waals surface area contributed by atoms with Crippen molar-refractivity contribution >= 4 is 35.0 Å². The Morgan fingerprint density at radius 2 is 1.64 bits per heavy atom. The molecule has 1 aliphatic heterocycles. The van der Waals surface area contributed by atoms with Gasteiger partial charge in [0.05, 0.1) is 5.75 Å². The van der Waals surface area contributed by atoms with Crippen molar-refractivity contribution in [2.24, 2.45) is 0 Å². The van der Waals surface area contributed by atoms with Crippen LogP contribution >= 0.6 is 11.8 Å². The molecule has 0 aliphatic carbocycles. The molecule has 0 spiro atoms. The van der Waals surface area contributed by atoms with Gasteiger partial charge in [-0.3, -0.25) is 14.2 Å². The van der Waals surface area contributed by atoms with E-state index in [1.54, 1.807) is 4.90 Å². The van der Waals surface area contributed by atoms with E-state index in [2.05, 4.69) is 27.6 Å². The van der Waals surface area contributed by atoms with E-state index in [0.29, 0.717) is 23.8 Å². The van der Waals surface area contributed by atoms with Crippen LogP contribution in [0.5, 0.6) is 0 Å². The Kier molecular flexibility index (Phi) is 7.42. The molecule has 0 saturated carbocycles. The first-order valence-electron chi connectivity index (χ1n) is 12.0. The molecule has 5 rings (SSSR count).